The maximum Gasteiger partial charge on any atom is 0.136 e. The van der Waals surface area contributed by atoms with Gasteiger partial charge in [-0.2, -0.15) is 0 Å². The van der Waals surface area contributed by atoms with Crippen LogP contribution in [0, 0.1) is 6.92 Å². The fourth-order valence-corrected chi connectivity index (χ4v) is 7.34. The van der Waals surface area contributed by atoms with Gasteiger partial charge < -0.3 is 4.42 Å². The molecule has 0 saturated heterocycles. The zero-order valence-corrected chi connectivity index (χ0v) is 29.9. The first kappa shape index (κ1) is 33.0. The van der Waals surface area contributed by atoms with Crippen molar-refractivity contribution < 1.29 is 4.42 Å². The first-order chi connectivity index (χ1) is 24.4. The first-order valence-electron chi connectivity index (χ1n) is 18.0. The number of rotatable bonds is 7. The molecule has 0 fully saturated rings. The Morgan fingerprint density at radius 2 is 1.32 bits per heavy atom. The lowest BCUT2D eigenvalue weighted by Gasteiger charge is -2.18. The molecule has 2 nitrogen and oxygen atoms in total. The van der Waals surface area contributed by atoms with Crippen molar-refractivity contribution in [3.63, 3.8) is 0 Å². The van der Waals surface area contributed by atoms with Crippen molar-refractivity contribution in [3.05, 3.63) is 156 Å². The smallest absolute Gasteiger partial charge is 0.136 e. The molecule has 248 valence electrons. The minimum absolute atomic E-state index is 0.517. The zero-order valence-electron chi connectivity index (χ0n) is 29.9. The molecule has 0 amide bonds. The van der Waals surface area contributed by atoms with E-state index in [1.807, 2.05) is 37.3 Å². The van der Waals surface area contributed by atoms with E-state index >= 15 is 0 Å². The molecule has 1 atom stereocenters. The van der Waals surface area contributed by atoms with Crippen LogP contribution in [0.5, 0.6) is 0 Å². The Kier molecular flexibility index (Phi) is 9.37. The standard InChI is InChI=1S/C29H24O.C19H21N/c1-4-17(2)19-11-8-13-22-24-16-27-25(20-10-5-6-14-26(20)30-27)15-23(24)21-12-7-9-18(3)28(21)29(19)22;1-4-10-18-13-8-9-14-19(18)20-16(3)15(2)17-11-6-5-7-12-17/h5-17H,4H2,1-3H3;5-9,11-14H,2,4,10H2,1,3H3. The van der Waals surface area contributed by atoms with Crippen LogP contribution in [0.2, 0.25) is 0 Å². The third-order valence-corrected chi connectivity index (χ3v) is 10.2. The fraction of sp³-hybridized carbons (Fsp3) is 0.188. The van der Waals surface area contributed by atoms with Crippen molar-refractivity contribution in [2.45, 2.75) is 59.8 Å². The van der Waals surface area contributed by atoms with E-state index in [4.69, 9.17) is 9.41 Å². The Hall–Kier alpha value is -5.47. The molecule has 0 spiro atoms. The highest BCUT2D eigenvalue weighted by Gasteiger charge is 2.18. The highest BCUT2D eigenvalue weighted by atomic mass is 16.3. The Morgan fingerprint density at radius 3 is 2.10 bits per heavy atom. The number of aliphatic imine (C=N–C) groups is 1. The quantitative estimate of drug-likeness (QED) is 0.124. The highest BCUT2D eigenvalue weighted by molar-refractivity contribution is 6.29. The van der Waals surface area contributed by atoms with Gasteiger partial charge in [0.1, 0.15) is 11.2 Å². The fourth-order valence-electron chi connectivity index (χ4n) is 7.34. The second kappa shape index (κ2) is 14.2. The van der Waals surface area contributed by atoms with E-state index in [9.17, 15) is 0 Å². The zero-order chi connectivity index (χ0) is 34.8. The van der Waals surface area contributed by atoms with Gasteiger partial charge in [-0.15, -0.1) is 0 Å². The van der Waals surface area contributed by atoms with E-state index in [0.717, 1.165) is 53.0 Å². The molecule has 1 heterocycles. The van der Waals surface area contributed by atoms with Crippen molar-refractivity contribution in [2.24, 2.45) is 4.99 Å². The van der Waals surface area contributed by atoms with Gasteiger partial charge in [0.05, 0.1) is 5.69 Å². The molecule has 0 aliphatic rings. The molecule has 8 aromatic rings. The normalized spacial score (nSPS) is 12.5. The van der Waals surface area contributed by atoms with Crippen molar-refractivity contribution in [3.8, 4) is 0 Å². The van der Waals surface area contributed by atoms with Crippen LogP contribution in [0.25, 0.3) is 59.8 Å². The summed E-state index contributed by atoms with van der Waals surface area (Å²) in [5.41, 5.74) is 10.1. The van der Waals surface area contributed by atoms with Crippen molar-refractivity contribution in [1.82, 2.24) is 0 Å². The molecular weight excluding hydrogens is 607 g/mol. The highest BCUT2D eigenvalue weighted by Crippen LogP contribution is 2.43. The molecule has 1 aromatic heterocycles. The monoisotopic (exact) mass is 651 g/mol. The van der Waals surface area contributed by atoms with Crippen LogP contribution in [0.4, 0.5) is 5.69 Å². The number of allylic oxidation sites excluding steroid dienone is 1. The molecule has 50 heavy (non-hydrogen) atoms. The van der Waals surface area contributed by atoms with Crippen LogP contribution in [-0.4, -0.2) is 5.71 Å². The largest absolute Gasteiger partial charge is 0.456 e. The Morgan fingerprint density at radius 1 is 0.660 bits per heavy atom. The Balaban J connectivity index is 0.000000171. The van der Waals surface area contributed by atoms with E-state index < -0.39 is 0 Å². The number of hydrogen-bond acceptors (Lipinski definition) is 2. The summed E-state index contributed by atoms with van der Waals surface area (Å²) < 4.78 is 6.24. The summed E-state index contributed by atoms with van der Waals surface area (Å²) in [6.07, 6.45) is 3.32. The molecule has 0 saturated carbocycles. The number of nitrogens with zero attached hydrogens (tertiary/aromatic N) is 1. The number of hydrogen-bond donors (Lipinski definition) is 0. The van der Waals surface area contributed by atoms with Gasteiger partial charge in [0.2, 0.25) is 0 Å². The summed E-state index contributed by atoms with van der Waals surface area (Å²) >= 11 is 0. The summed E-state index contributed by atoms with van der Waals surface area (Å²) in [6.45, 7) is 15.2. The third kappa shape index (κ3) is 6.11. The summed E-state index contributed by atoms with van der Waals surface area (Å²) in [6, 6.07) is 45.0. The van der Waals surface area contributed by atoms with Crippen LogP contribution in [0.3, 0.4) is 0 Å². The third-order valence-electron chi connectivity index (χ3n) is 10.2. The number of furan rings is 1. The molecule has 0 bridgehead atoms. The molecule has 7 aromatic carbocycles. The minimum Gasteiger partial charge on any atom is -0.456 e. The molecule has 0 aliphatic carbocycles. The SMILES string of the molecule is C=C(C(C)=Nc1ccccc1CCC)c1ccccc1.CCC(C)c1cccc2c3cc4oc5ccccc5c4cc3c3cccc(C)c3c12. The molecule has 0 N–H and O–H groups in total. The topological polar surface area (TPSA) is 25.5 Å². The molecule has 0 radical (unpaired) electrons. The van der Waals surface area contributed by atoms with Gasteiger partial charge >= 0.3 is 0 Å². The Labute approximate surface area is 295 Å². The minimum atomic E-state index is 0.517. The van der Waals surface area contributed by atoms with Crippen LogP contribution >= 0.6 is 0 Å². The molecule has 8 rings (SSSR count). The second-order valence-electron chi connectivity index (χ2n) is 13.5. The van der Waals surface area contributed by atoms with E-state index in [2.05, 4.69) is 131 Å². The van der Waals surface area contributed by atoms with Gasteiger partial charge in [-0.05, 0) is 117 Å². The summed E-state index contributed by atoms with van der Waals surface area (Å²) in [5, 5.41) is 10.4. The maximum atomic E-state index is 6.24. The van der Waals surface area contributed by atoms with Crippen molar-refractivity contribution >= 4 is 71.2 Å². The van der Waals surface area contributed by atoms with Gasteiger partial charge in [-0.1, -0.05) is 137 Å². The molecule has 0 aliphatic heterocycles. The number of benzene rings is 7. The molecular formula is C48H45NO. The van der Waals surface area contributed by atoms with E-state index in [0.29, 0.717) is 5.92 Å². The average Bonchev–Trinajstić information content (AvgIpc) is 3.52. The first-order valence-corrected chi connectivity index (χ1v) is 18.0. The maximum absolute atomic E-state index is 6.24. The van der Waals surface area contributed by atoms with Gasteiger partial charge in [-0.3, -0.25) is 4.99 Å². The van der Waals surface area contributed by atoms with Crippen molar-refractivity contribution in [1.29, 1.82) is 0 Å². The van der Waals surface area contributed by atoms with Gasteiger partial charge in [0, 0.05) is 16.5 Å². The number of aryl methyl sites for hydroxylation is 2. The molecule has 2 heteroatoms. The van der Waals surface area contributed by atoms with E-state index in [-0.39, 0.29) is 0 Å². The van der Waals surface area contributed by atoms with Crippen LogP contribution < -0.4 is 0 Å². The lowest BCUT2D eigenvalue weighted by atomic mass is 9.85. The summed E-state index contributed by atoms with van der Waals surface area (Å²) in [7, 11) is 0. The number of fused-ring (bicyclic) bond motifs is 9. The van der Waals surface area contributed by atoms with Crippen LogP contribution in [0.1, 0.15) is 68.7 Å². The lowest BCUT2D eigenvalue weighted by Crippen LogP contribution is -1.95. The summed E-state index contributed by atoms with van der Waals surface area (Å²) in [5.74, 6) is 0.517. The van der Waals surface area contributed by atoms with E-state index in [1.165, 1.54) is 59.8 Å². The predicted octanol–water partition coefficient (Wildman–Crippen LogP) is 14.3. The number of para-hydroxylation sites is 2. The average molecular weight is 652 g/mol. The lowest BCUT2D eigenvalue weighted by molar-refractivity contribution is 0.669. The summed E-state index contributed by atoms with van der Waals surface area (Å²) in [4.78, 5) is 4.77. The van der Waals surface area contributed by atoms with Gasteiger partial charge in [0.25, 0.3) is 0 Å². The van der Waals surface area contributed by atoms with Gasteiger partial charge in [0.15, 0.2) is 0 Å². The molecule has 1 unspecified atom stereocenters. The van der Waals surface area contributed by atoms with E-state index in [1.54, 1.807) is 0 Å². The van der Waals surface area contributed by atoms with Gasteiger partial charge in [-0.25, -0.2) is 0 Å². The predicted molar refractivity (Wildman–Crippen MR) is 218 cm³/mol. The van der Waals surface area contributed by atoms with Crippen molar-refractivity contribution in [2.75, 3.05) is 0 Å². The van der Waals surface area contributed by atoms with Crippen LogP contribution in [0.15, 0.2) is 143 Å². The Bertz CT molecular complexity index is 2530. The van der Waals surface area contributed by atoms with Crippen LogP contribution in [-0.2, 0) is 6.42 Å². The second-order valence-corrected chi connectivity index (χ2v) is 13.5.